The molecule has 8 heteroatoms. The first-order valence-corrected chi connectivity index (χ1v) is 3.48. The zero-order chi connectivity index (χ0) is 9.97. The first kappa shape index (κ1) is 8.23. The maximum absolute atomic E-state index is 10.4. The molecule has 0 aliphatic carbocycles. The quantitative estimate of drug-likeness (QED) is 0.729. The minimum Gasteiger partial charge on any atom is -0.474 e. The van der Waals surface area contributed by atoms with Gasteiger partial charge in [0.05, 0.1) is 6.20 Å². The minimum atomic E-state index is -1.29. The summed E-state index contributed by atoms with van der Waals surface area (Å²) >= 11 is 0. The Morgan fingerprint density at radius 1 is 1.57 bits per heavy atom. The molecule has 8 nitrogen and oxygen atoms in total. The van der Waals surface area contributed by atoms with Crippen LogP contribution in [0, 0.1) is 0 Å². The van der Waals surface area contributed by atoms with Gasteiger partial charge in [-0.1, -0.05) is 0 Å². The predicted octanol–water partition coefficient (Wildman–Crippen LogP) is 0.499. The third kappa shape index (κ3) is 1.53. The van der Waals surface area contributed by atoms with Gasteiger partial charge in [0.15, 0.2) is 6.39 Å². The van der Waals surface area contributed by atoms with E-state index in [1.807, 2.05) is 0 Å². The van der Waals surface area contributed by atoms with E-state index in [0.29, 0.717) is 5.88 Å². The zero-order valence-corrected chi connectivity index (χ0v) is 6.67. The Balaban J connectivity index is 2.14. The monoisotopic (exact) mass is 196 g/mol. The summed E-state index contributed by atoms with van der Waals surface area (Å²) in [7, 11) is 0. The highest BCUT2D eigenvalue weighted by atomic mass is 16.5. The van der Waals surface area contributed by atoms with Crippen molar-refractivity contribution in [2.24, 2.45) is 0 Å². The van der Waals surface area contributed by atoms with E-state index in [-0.39, 0.29) is 5.95 Å². The third-order valence-corrected chi connectivity index (χ3v) is 1.28. The van der Waals surface area contributed by atoms with Crippen LogP contribution in [0.25, 0.3) is 0 Å². The van der Waals surface area contributed by atoms with Crippen LogP contribution in [0.5, 0.6) is 0 Å². The Morgan fingerprint density at radius 2 is 2.43 bits per heavy atom. The molecular formula is C6H4N4O4. The van der Waals surface area contributed by atoms with E-state index in [9.17, 15) is 4.79 Å². The molecule has 14 heavy (non-hydrogen) atoms. The standard InChI is InChI=1S/C6H4N4O4/c11-5(12)4-9-6(10-14-4)8-3-1-7-2-13-3/h1-2H,(H,8,10)(H,11,12). The second-order valence-corrected chi connectivity index (χ2v) is 2.22. The van der Waals surface area contributed by atoms with Crippen LogP contribution in [0.1, 0.15) is 10.7 Å². The van der Waals surface area contributed by atoms with Gasteiger partial charge >= 0.3 is 11.9 Å². The number of anilines is 2. The molecule has 2 aromatic rings. The van der Waals surface area contributed by atoms with E-state index in [1.165, 1.54) is 12.6 Å². The highest BCUT2D eigenvalue weighted by Gasteiger charge is 2.13. The number of oxazole rings is 1. The Bertz CT molecular complexity index is 434. The molecule has 0 saturated heterocycles. The van der Waals surface area contributed by atoms with Gasteiger partial charge in [-0.15, -0.1) is 0 Å². The summed E-state index contributed by atoms with van der Waals surface area (Å²) in [6, 6.07) is 0. The topological polar surface area (TPSA) is 114 Å². The van der Waals surface area contributed by atoms with Crippen molar-refractivity contribution in [2.45, 2.75) is 0 Å². The molecule has 0 aliphatic rings. The van der Waals surface area contributed by atoms with Crippen LogP contribution in [-0.2, 0) is 0 Å². The Morgan fingerprint density at radius 3 is 3.00 bits per heavy atom. The molecule has 2 aromatic heterocycles. The van der Waals surface area contributed by atoms with E-state index in [2.05, 4.69) is 25.0 Å². The maximum Gasteiger partial charge on any atom is 0.394 e. The molecule has 0 spiro atoms. The smallest absolute Gasteiger partial charge is 0.394 e. The molecule has 0 bridgehead atoms. The number of rotatable bonds is 3. The number of hydrogen-bond donors (Lipinski definition) is 2. The van der Waals surface area contributed by atoms with Crippen molar-refractivity contribution in [3.05, 3.63) is 18.5 Å². The molecule has 0 aliphatic heterocycles. The van der Waals surface area contributed by atoms with Crippen molar-refractivity contribution in [2.75, 3.05) is 5.32 Å². The van der Waals surface area contributed by atoms with Crippen LogP contribution in [-0.4, -0.2) is 26.2 Å². The number of hydrogen-bond acceptors (Lipinski definition) is 7. The molecule has 0 unspecified atom stereocenters. The van der Waals surface area contributed by atoms with Gasteiger partial charge in [0, 0.05) is 0 Å². The van der Waals surface area contributed by atoms with Gasteiger partial charge < -0.3 is 14.0 Å². The van der Waals surface area contributed by atoms with Crippen LogP contribution < -0.4 is 5.32 Å². The van der Waals surface area contributed by atoms with E-state index in [4.69, 9.17) is 9.52 Å². The average Bonchev–Trinajstić information content (AvgIpc) is 2.75. The fraction of sp³-hybridized carbons (Fsp3) is 0. The van der Waals surface area contributed by atoms with E-state index < -0.39 is 11.9 Å². The molecule has 0 aromatic carbocycles. The summed E-state index contributed by atoms with van der Waals surface area (Å²) in [6.07, 6.45) is 2.59. The van der Waals surface area contributed by atoms with Crippen LogP contribution in [0.4, 0.5) is 11.8 Å². The fourth-order valence-electron chi connectivity index (χ4n) is 0.749. The largest absolute Gasteiger partial charge is 0.474 e. The molecule has 2 rings (SSSR count). The minimum absolute atomic E-state index is 0.000787. The van der Waals surface area contributed by atoms with Gasteiger partial charge in [-0.05, 0) is 5.16 Å². The molecule has 0 radical (unpaired) electrons. The lowest BCUT2D eigenvalue weighted by atomic mass is 10.7. The highest BCUT2D eigenvalue weighted by molar-refractivity contribution is 5.82. The lowest BCUT2D eigenvalue weighted by molar-refractivity contribution is 0.0643. The second-order valence-electron chi connectivity index (χ2n) is 2.22. The first-order chi connectivity index (χ1) is 6.75. The summed E-state index contributed by atoms with van der Waals surface area (Å²) in [6.45, 7) is 0. The number of nitrogens with zero attached hydrogens (tertiary/aromatic N) is 3. The Labute approximate surface area is 76.6 Å². The summed E-state index contributed by atoms with van der Waals surface area (Å²) in [4.78, 5) is 17.5. The third-order valence-electron chi connectivity index (χ3n) is 1.28. The van der Waals surface area contributed by atoms with E-state index in [0.717, 1.165) is 0 Å². The molecule has 0 fully saturated rings. The molecular weight excluding hydrogens is 192 g/mol. The Kier molecular flexibility index (Phi) is 1.86. The summed E-state index contributed by atoms with van der Waals surface area (Å²) < 4.78 is 9.21. The predicted molar refractivity (Wildman–Crippen MR) is 41.0 cm³/mol. The van der Waals surface area contributed by atoms with Gasteiger partial charge in [-0.3, -0.25) is 5.32 Å². The number of carboxylic acid groups (broad SMARTS) is 1. The maximum atomic E-state index is 10.4. The SMILES string of the molecule is O=C(O)c1nc(Nc2cnco2)no1. The molecule has 2 heterocycles. The van der Waals surface area contributed by atoms with Crippen LogP contribution >= 0.6 is 0 Å². The van der Waals surface area contributed by atoms with Crippen molar-refractivity contribution in [3.63, 3.8) is 0 Å². The van der Waals surface area contributed by atoms with Crippen molar-refractivity contribution in [3.8, 4) is 0 Å². The number of aromatic nitrogens is 3. The second kappa shape index (κ2) is 3.17. The number of nitrogens with one attached hydrogen (secondary N) is 1. The number of carboxylic acids is 1. The fourth-order valence-corrected chi connectivity index (χ4v) is 0.749. The normalized spacial score (nSPS) is 10.0. The Hall–Kier alpha value is -2.38. The number of aromatic carboxylic acids is 1. The van der Waals surface area contributed by atoms with Gasteiger partial charge in [-0.25, -0.2) is 9.78 Å². The van der Waals surface area contributed by atoms with Crippen LogP contribution in [0.2, 0.25) is 0 Å². The molecule has 0 saturated carbocycles. The summed E-state index contributed by atoms with van der Waals surface area (Å²) in [5.74, 6) is -1.49. The molecule has 0 atom stereocenters. The van der Waals surface area contributed by atoms with Crippen LogP contribution in [0.3, 0.4) is 0 Å². The first-order valence-electron chi connectivity index (χ1n) is 3.48. The molecule has 2 N–H and O–H groups in total. The lowest BCUT2D eigenvalue weighted by Gasteiger charge is -1.90. The van der Waals surface area contributed by atoms with Gasteiger partial charge in [0.1, 0.15) is 0 Å². The number of carbonyl (C=O) groups is 1. The van der Waals surface area contributed by atoms with Gasteiger partial charge in [-0.2, -0.15) is 4.98 Å². The van der Waals surface area contributed by atoms with Crippen molar-refractivity contribution in [1.29, 1.82) is 0 Å². The summed E-state index contributed by atoms with van der Waals surface area (Å²) in [5.41, 5.74) is 0. The average molecular weight is 196 g/mol. The van der Waals surface area contributed by atoms with Crippen LogP contribution in [0.15, 0.2) is 21.5 Å². The van der Waals surface area contributed by atoms with Crippen molar-refractivity contribution < 1.29 is 18.8 Å². The highest BCUT2D eigenvalue weighted by Crippen LogP contribution is 2.11. The lowest BCUT2D eigenvalue weighted by Crippen LogP contribution is -1.96. The van der Waals surface area contributed by atoms with Crippen molar-refractivity contribution in [1.82, 2.24) is 15.1 Å². The van der Waals surface area contributed by atoms with Gasteiger partial charge in [0.25, 0.3) is 5.95 Å². The molecule has 72 valence electrons. The van der Waals surface area contributed by atoms with Gasteiger partial charge in [0.2, 0.25) is 5.88 Å². The van der Waals surface area contributed by atoms with E-state index >= 15 is 0 Å². The van der Waals surface area contributed by atoms with E-state index in [1.54, 1.807) is 0 Å². The zero-order valence-electron chi connectivity index (χ0n) is 6.67. The molecule has 0 amide bonds. The summed E-state index contributed by atoms with van der Waals surface area (Å²) in [5, 5.41) is 14.4. The van der Waals surface area contributed by atoms with Crippen molar-refractivity contribution >= 4 is 17.8 Å².